The Morgan fingerprint density at radius 2 is 2.00 bits per heavy atom. The minimum Gasteiger partial charge on any atom is -0.282 e. The van der Waals surface area contributed by atoms with Gasteiger partial charge >= 0.3 is 6.18 Å². The van der Waals surface area contributed by atoms with Gasteiger partial charge in [0, 0.05) is 0 Å². The first-order chi connectivity index (χ1) is 8.79. The van der Waals surface area contributed by atoms with E-state index < -0.39 is 23.5 Å². The minimum atomic E-state index is -5.04. The van der Waals surface area contributed by atoms with Gasteiger partial charge in [-0.2, -0.15) is 13.2 Å². The van der Waals surface area contributed by atoms with Crippen molar-refractivity contribution in [3.05, 3.63) is 41.5 Å². The molecule has 1 heterocycles. The van der Waals surface area contributed by atoms with Crippen LogP contribution in [0.2, 0.25) is 0 Å². The van der Waals surface area contributed by atoms with Gasteiger partial charge in [0.15, 0.2) is 5.69 Å². The van der Waals surface area contributed by atoms with Crippen LogP contribution < -0.4 is 0 Å². The number of alkyl halides is 3. The molecule has 0 saturated carbocycles. The van der Waals surface area contributed by atoms with E-state index in [9.17, 15) is 22.4 Å². The Morgan fingerprint density at radius 3 is 2.58 bits per heavy atom. The molecule has 19 heavy (non-hydrogen) atoms. The van der Waals surface area contributed by atoms with E-state index in [1.54, 1.807) is 13.0 Å². The van der Waals surface area contributed by atoms with Crippen molar-refractivity contribution < 1.29 is 22.4 Å². The smallest absolute Gasteiger partial charge is 0.282 e. The maximum atomic E-state index is 13.6. The van der Waals surface area contributed by atoms with E-state index >= 15 is 0 Å². The van der Waals surface area contributed by atoms with E-state index in [4.69, 9.17) is 0 Å². The van der Waals surface area contributed by atoms with Crippen LogP contribution in [-0.2, 0) is 0 Å². The molecule has 0 bridgehead atoms. The van der Waals surface area contributed by atoms with Crippen LogP contribution in [0.5, 0.6) is 0 Å². The molecule has 0 radical (unpaired) electrons. The lowest BCUT2D eigenvalue weighted by molar-refractivity contribution is -0.0888. The summed E-state index contributed by atoms with van der Waals surface area (Å²) in [6, 6.07) is 4.09. The minimum absolute atomic E-state index is 0.0840. The summed E-state index contributed by atoms with van der Waals surface area (Å²) in [7, 11) is 0. The largest absolute Gasteiger partial charge is 0.456 e. The molecule has 0 spiro atoms. The summed E-state index contributed by atoms with van der Waals surface area (Å²) in [4.78, 5) is 10.9. The number of carbonyl (C=O) groups excluding carboxylic acids is 1. The third kappa shape index (κ3) is 2.61. The highest BCUT2D eigenvalue weighted by molar-refractivity contribution is 5.98. The second kappa shape index (κ2) is 4.45. The number of benzene rings is 1. The number of rotatable bonds is 2. The maximum Gasteiger partial charge on any atom is 0.456 e. The molecule has 0 atom stereocenters. The van der Waals surface area contributed by atoms with Crippen LogP contribution in [0.4, 0.5) is 17.6 Å². The van der Waals surface area contributed by atoms with E-state index in [1.807, 2.05) is 0 Å². The molecule has 0 aliphatic heterocycles. The van der Waals surface area contributed by atoms with Gasteiger partial charge in [0.2, 0.25) is 0 Å². The van der Waals surface area contributed by atoms with E-state index in [1.165, 1.54) is 12.1 Å². The van der Waals surface area contributed by atoms with Crippen LogP contribution >= 0.6 is 0 Å². The monoisotopic (exact) mass is 273 g/mol. The average molecular weight is 273 g/mol. The van der Waals surface area contributed by atoms with Gasteiger partial charge in [-0.3, -0.25) is 4.79 Å². The van der Waals surface area contributed by atoms with Crippen LogP contribution in [-0.4, -0.2) is 27.0 Å². The van der Waals surface area contributed by atoms with Gasteiger partial charge in [-0.05, 0) is 24.6 Å². The third-order valence-corrected chi connectivity index (χ3v) is 2.33. The molecular formula is C11H7F4N3O. The van der Waals surface area contributed by atoms with Crippen molar-refractivity contribution in [2.45, 2.75) is 13.1 Å². The Balaban J connectivity index is 2.39. The summed E-state index contributed by atoms with van der Waals surface area (Å²) >= 11 is 0. The van der Waals surface area contributed by atoms with E-state index in [0.29, 0.717) is 5.56 Å². The fourth-order valence-corrected chi connectivity index (χ4v) is 1.43. The molecule has 1 aromatic carbocycles. The van der Waals surface area contributed by atoms with Crippen molar-refractivity contribution in [1.82, 2.24) is 15.0 Å². The van der Waals surface area contributed by atoms with Crippen molar-refractivity contribution >= 4 is 5.78 Å². The standard InChI is InChI=1S/C11H7F4N3O/c1-6-2-3-9(7(12)4-6)18-5-8(16-17-18)10(19)11(13,14)15/h2-5H,1H3. The SMILES string of the molecule is Cc1ccc(-n2cc(C(=O)C(F)(F)F)nn2)c(F)c1. The molecule has 0 saturated heterocycles. The number of aromatic nitrogens is 3. The summed E-state index contributed by atoms with van der Waals surface area (Å²) in [6.07, 6.45) is -4.30. The molecular weight excluding hydrogens is 266 g/mol. The summed E-state index contributed by atoms with van der Waals surface area (Å²) in [6.45, 7) is 1.66. The van der Waals surface area contributed by atoms with Crippen molar-refractivity contribution in [3.63, 3.8) is 0 Å². The first-order valence-electron chi connectivity index (χ1n) is 5.09. The van der Waals surface area contributed by atoms with Crippen LogP contribution in [0.1, 0.15) is 16.1 Å². The molecule has 2 rings (SSSR count). The maximum absolute atomic E-state index is 13.6. The number of carbonyl (C=O) groups is 1. The van der Waals surface area contributed by atoms with Gasteiger partial charge < -0.3 is 0 Å². The number of Topliss-reactive ketones (excluding diaryl/α,β-unsaturated/α-hetero) is 1. The van der Waals surface area contributed by atoms with Crippen LogP contribution in [0, 0.1) is 12.7 Å². The van der Waals surface area contributed by atoms with Crippen LogP contribution in [0.15, 0.2) is 24.4 Å². The van der Waals surface area contributed by atoms with Gasteiger partial charge in [0.25, 0.3) is 5.78 Å². The molecule has 0 fully saturated rings. The predicted molar refractivity (Wildman–Crippen MR) is 56.4 cm³/mol. The normalized spacial score (nSPS) is 11.6. The average Bonchev–Trinajstić information content (AvgIpc) is 2.75. The molecule has 2 aromatic rings. The zero-order chi connectivity index (χ0) is 14.2. The first-order valence-corrected chi connectivity index (χ1v) is 5.09. The summed E-state index contributed by atoms with van der Waals surface area (Å²) in [5, 5.41) is 6.42. The topological polar surface area (TPSA) is 47.8 Å². The molecule has 4 nitrogen and oxygen atoms in total. The fourth-order valence-electron chi connectivity index (χ4n) is 1.43. The van der Waals surface area contributed by atoms with Gasteiger partial charge in [-0.15, -0.1) is 5.10 Å². The molecule has 0 N–H and O–H groups in total. The molecule has 1 aromatic heterocycles. The zero-order valence-corrected chi connectivity index (χ0v) is 9.57. The van der Waals surface area contributed by atoms with Crippen molar-refractivity contribution in [1.29, 1.82) is 0 Å². The van der Waals surface area contributed by atoms with E-state index in [-0.39, 0.29) is 5.69 Å². The third-order valence-electron chi connectivity index (χ3n) is 2.33. The molecule has 0 amide bonds. The molecule has 0 aliphatic carbocycles. The van der Waals surface area contributed by atoms with Gasteiger partial charge in [0.1, 0.15) is 11.5 Å². The van der Waals surface area contributed by atoms with Gasteiger partial charge in [0.05, 0.1) is 6.20 Å². The number of halogens is 4. The Hall–Kier alpha value is -2.25. The molecule has 0 aliphatic rings. The Morgan fingerprint density at radius 1 is 1.32 bits per heavy atom. The highest BCUT2D eigenvalue weighted by Gasteiger charge is 2.41. The second-order valence-electron chi connectivity index (χ2n) is 3.83. The number of aryl methyl sites for hydroxylation is 1. The quantitative estimate of drug-likeness (QED) is 0.623. The highest BCUT2D eigenvalue weighted by atomic mass is 19.4. The lowest BCUT2D eigenvalue weighted by Crippen LogP contribution is -2.23. The lowest BCUT2D eigenvalue weighted by atomic mass is 10.2. The number of nitrogens with zero attached hydrogens (tertiary/aromatic N) is 3. The number of ketones is 1. The summed E-state index contributed by atoms with van der Waals surface area (Å²) < 4.78 is 50.9. The zero-order valence-electron chi connectivity index (χ0n) is 9.57. The Bertz CT molecular complexity index is 633. The Labute approximate surface area is 104 Å². The molecule has 0 unspecified atom stereocenters. The first kappa shape index (κ1) is 13.2. The van der Waals surface area contributed by atoms with Crippen molar-refractivity contribution in [2.24, 2.45) is 0 Å². The van der Waals surface area contributed by atoms with Crippen LogP contribution in [0.3, 0.4) is 0 Å². The van der Waals surface area contributed by atoms with Gasteiger partial charge in [-0.25, -0.2) is 9.07 Å². The van der Waals surface area contributed by atoms with E-state index in [0.717, 1.165) is 10.9 Å². The van der Waals surface area contributed by atoms with Crippen molar-refractivity contribution in [3.8, 4) is 5.69 Å². The van der Waals surface area contributed by atoms with E-state index in [2.05, 4.69) is 10.3 Å². The lowest BCUT2D eigenvalue weighted by Gasteiger charge is -2.02. The number of hydrogen-bond acceptors (Lipinski definition) is 3. The van der Waals surface area contributed by atoms with Crippen molar-refractivity contribution in [2.75, 3.05) is 0 Å². The summed E-state index contributed by atoms with van der Waals surface area (Å²) in [5.74, 6) is -2.79. The fraction of sp³-hybridized carbons (Fsp3) is 0.182. The molecule has 100 valence electrons. The highest BCUT2D eigenvalue weighted by Crippen LogP contribution is 2.21. The molecule has 8 heteroatoms. The second-order valence-corrected chi connectivity index (χ2v) is 3.83. The Kier molecular flexibility index (Phi) is 3.09. The van der Waals surface area contributed by atoms with Gasteiger partial charge in [-0.1, -0.05) is 11.3 Å². The van der Waals surface area contributed by atoms with Crippen LogP contribution in [0.25, 0.3) is 5.69 Å². The predicted octanol–water partition coefficient (Wildman–Crippen LogP) is 2.46. The number of hydrogen-bond donors (Lipinski definition) is 0. The summed E-state index contributed by atoms with van der Waals surface area (Å²) in [5.41, 5.74) is -0.320.